The van der Waals surface area contributed by atoms with Crippen molar-refractivity contribution in [1.29, 1.82) is 0 Å². The second-order valence-electron chi connectivity index (χ2n) is 4.91. The highest BCUT2D eigenvalue weighted by atomic mass is 79.9. The molecule has 0 aromatic heterocycles. The molecule has 6 nitrogen and oxygen atoms in total. The summed E-state index contributed by atoms with van der Waals surface area (Å²) in [6.07, 6.45) is 0.572. The number of halogens is 1. The molecule has 0 saturated carbocycles. The van der Waals surface area contributed by atoms with Gasteiger partial charge in [0.05, 0.1) is 14.2 Å². The fourth-order valence-electron chi connectivity index (χ4n) is 2.52. The van der Waals surface area contributed by atoms with Crippen LogP contribution in [0.15, 0.2) is 16.6 Å². The third kappa shape index (κ3) is 3.04. The lowest BCUT2D eigenvalue weighted by Gasteiger charge is -2.34. The molecular formula is C15H19BrN2O4. The molecule has 0 aliphatic carbocycles. The lowest BCUT2D eigenvalue weighted by Crippen LogP contribution is -2.56. The molecule has 1 aromatic rings. The summed E-state index contributed by atoms with van der Waals surface area (Å²) in [6.45, 7) is 2.84. The van der Waals surface area contributed by atoms with Gasteiger partial charge >= 0.3 is 0 Å². The van der Waals surface area contributed by atoms with Gasteiger partial charge in [0.2, 0.25) is 5.91 Å². The monoisotopic (exact) mass is 370 g/mol. The molecule has 2 rings (SSSR count). The molecule has 1 unspecified atom stereocenters. The average molecular weight is 371 g/mol. The first kappa shape index (κ1) is 16.6. The quantitative estimate of drug-likeness (QED) is 0.877. The van der Waals surface area contributed by atoms with Crippen LogP contribution in [0.3, 0.4) is 0 Å². The van der Waals surface area contributed by atoms with Gasteiger partial charge in [0.15, 0.2) is 0 Å². The molecule has 1 atom stereocenters. The number of piperazine rings is 1. The predicted molar refractivity (Wildman–Crippen MR) is 85.4 cm³/mol. The molecule has 1 saturated heterocycles. The minimum atomic E-state index is -0.443. The summed E-state index contributed by atoms with van der Waals surface area (Å²) < 4.78 is 11.2. The molecule has 120 valence electrons. The minimum absolute atomic E-state index is 0.113. The van der Waals surface area contributed by atoms with Gasteiger partial charge in [0.1, 0.15) is 22.0 Å². The van der Waals surface area contributed by atoms with Crippen molar-refractivity contribution in [1.82, 2.24) is 10.2 Å². The predicted octanol–water partition coefficient (Wildman–Crippen LogP) is 1.82. The lowest BCUT2D eigenvalue weighted by molar-refractivity contribution is -0.127. The Kier molecular flexibility index (Phi) is 5.28. The molecule has 0 bridgehead atoms. The second kappa shape index (κ2) is 7.00. The maximum absolute atomic E-state index is 12.8. The van der Waals surface area contributed by atoms with Crippen LogP contribution < -0.4 is 14.8 Å². The van der Waals surface area contributed by atoms with E-state index in [9.17, 15) is 9.59 Å². The van der Waals surface area contributed by atoms with E-state index in [2.05, 4.69) is 21.2 Å². The SMILES string of the molecule is CCC1C(=O)NCCN1C(=O)c1cc(OC)c(Br)c(OC)c1. The third-order valence-electron chi connectivity index (χ3n) is 3.67. The Labute approximate surface area is 137 Å². The molecule has 1 aliphatic rings. The number of methoxy groups -OCH3 is 2. The lowest BCUT2D eigenvalue weighted by atomic mass is 10.1. The fourth-order valence-corrected chi connectivity index (χ4v) is 3.07. The molecule has 7 heteroatoms. The number of hydrogen-bond donors (Lipinski definition) is 1. The van der Waals surface area contributed by atoms with Crippen LogP contribution in [0, 0.1) is 0 Å². The maximum atomic E-state index is 12.8. The topological polar surface area (TPSA) is 67.9 Å². The summed E-state index contributed by atoms with van der Waals surface area (Å²) in [7, 11) is 3.05. The van der Waals surface area contributed by atoms with Crippen LogP contribution in [-0.4, -0.2) is 50.1 Å². The molecule has 0 spiro atoms. The van der Waals surface area contributed by atoms with Crippen LogP contribution in [0.1, 0.15) is 23.7 Å². The zero-order chi connectivity index (χ0) is 16.3. The molecule has 1 aliphatic heterocycles. The Morgan fingerprint density at radius 2 is 1.95 bits per heavy atom. The highest BCUT2D eigenvalue weighted by molar-refractivity contribution is 9.10. The van der Waals surface area contributed by atoms with Crippen LogP contribution >= 0.6 is 15.9 Å². The highest BCUT2D eigenvalue weighted by Gasteiger charge is 2.32. The number of carbonyl (C=O) groups excluding carboxylic acids is 2. The fraction of sp³-hybridized carbons (Fsp3) is 0.467. The third-order valence-corrected chi connectivity index (χ3v) is 4.45. The van der Waals surface area contributed by atoms with E-state index < -0.39 is 6.04 Å². The number of amides is 2. The molecule has 22 heavy (non-hydrogen) atoms. The molecule has 1 aromatic carbocycles. The van der Waals surface area contributed by atoms with Gasteiger partial charge in [0.25, 0.3) is 5.91 Å². The van der Waals surface area contributed by atoms with Gasteiger partial charge in [-0.3, -0.25) is 9.59 Å². The average Bonchev–Trinajstić information content (AvgIpc) is 2.54. The number of hydrogen-bond acceptors (Lipinski definition) is 4. The van der Waals surface area contributed by atoms with Gasteiger partial charge in [-0.15, -0.1) is 0 Å². The maximum Gasteiger partial charge on any atom is 0.254 e. The first-order valence-electron chi connectivity index (χ1n) is 7.03. The number of nitrogens with one attached hydrogen (secondary N) is 1. The van der Waals surface area contributed by atoms with Gasteiger partial charge < -0.3 is 19.7 Å². The van der Waals surface area contributed by atoms with E-state index in [1.54, 1.807) is 17.0 Å². The Hall–Kier alpha value is -1.76. The number of nitrogens with zero attached hydrogens (tertiary/aromatic N) is 1. The molecule has 1 heterocycles. The Bertz CT molecular complexity index is 566. The summed E-state index contributed by atoms with van der Waals surface area (Å²) in [5.74, 6) is 0.707. The summed E-state index contributed by atoms with van der Waals surface area (Å²) in [5, 5.41) is 2.78. The van der Waals surface area contributed by atoms with Crippen LogP contribution in [0.2, 0.25) is 0 Å². The largest absolute Gasteiger partial charge is 0.495 e. The first-order valence-corrected chi connectivity index (χ1v) is 7.83. The standard InChI is InChI=1S/C15H19BrN2O4/c1-4-10-14(19)17-5-6-18(10)15(20)9-7-11(21-2)13(16)12(8-9)22-3/h7-8,10H,4-6H2,1-3H3,(H,17,19). The van der Waals surface area contributed by atoms with Crippen molar-refractivity contribution in [3.63, 3.8) is 0 Å². The van der Waals surface area contributed by atoms with Crippen molar-refractivity contribution in [3.05, 3.63) is 22.2 Å². The zero-order valence-electron chi connectivity index (χ0n) is 12.8. The summed E-state index contributed by atoms with van der Waals surface area (Å²) in [4.78, 5) is 26.3. The molecule has 1 N–H and O–H groups in total. The van der Waals surface area contributed by atoms with E-state index >= 15 is 0 Å². The van der Waals surface area contributed by atoms with Crippen molar-refractivity contribution in [3.8, 4) is 11.5 Å². The van der Waals surface area contributed by atoms with E-state index in [-0.39, 0.29) is 11.8 Å². The van der Waals surface area contributed by atoms with E-state index in [1.165, 1.54) is 14.2 Å². The van der Waals surface area contributed by atoms with Gasteiger partial charge in [-0.2, -0.15) is 0 Å². The van der Waals surface area contributed by atoms with Crippen molar-refractivity contribution in [2.75, 3.05) is 27.3 Å². The van der Waals surface area contributed by atoms with Gasteiger partial charge in [-0.1, -0.05) is 6.92 Å². The van der Waals surface area contributed by atoms with E-state index in [1.807, 2.05) is 6.92 Å². The van der Waals surface area contributed by atoms with Crippen molar-refractivity contribution >= 4 is 27.7 Å². The van der Waals surface area contributed by atoms with Crippen LogP contribution in [-0.2, 0) is 4.79 Å². The van der Waals surface area contributed by atoms with Gasteiger partial charge in [-0.25, -0.2) is 0 Å². The van der Waals surface area contributed by atoms with E-state index in [0.717, 1.165) is 0 Å². The molecule has 0 radical (unpaired) electrons. The number of benzene rings is 1. The number of rotatable bonds is 4. The highest BCUT2D eigenvalue weighted by Crippen LogP contribution is 2.36. The van der Waals surface area contributed by atoms with Crippen LogP contribution in [0.4, 0.5) is 0 Å². The number of ether oxygens (including phenoxy) is 2. The van der Waals surface area contributed by atoms with E-state index in [4.69, 9.17) is 9.47 Å². The van der Waals surface area contributed by atoms with E-state index in [0.29, 0.717) is 41.0 Å². The van der Waals surface area contributed by atoms with Crippen LogP contribution in [0.25, 0.3) is 0 Å². The molecular weight excluding hydrogens is 352 g/mol. The van der Waals surface area contributed by atoms with Crippen LogP contribution in [0.5, 0.6) is 11.5 Å². The normalized spacial score (nSPS) is 17.9. The first-order chi connectivity index (χ1) is 10.5. The smallest absolute Gasteiger partial charge is 0.254 e. The summed E-state index contributed by atoms with van der Waals surface area (Å²) >= 11 is 3.38. The van der Waals surface area contributed by atoms with Crippen molar-refractivity contribution in [2.24, 2.45) is 0 Å². The summed E-state index contributed by atoms with van der Waals surface area (Å²) in [5.41, 5.74) is 0.435. The Morgan fingerprint density at radius 3 is 2.45 bits per heavy atom. The van der Waals surface area contributed by atoms with Crippen molar-refractivity contribution in [2.45, 2.75) is 19.4 Å². The second-order valence-corrected chi connectivity index (χ2v) is 5.70. The minimum Gasteiger partial charge on any atom is -0.495 e. The van der Waals surface area contributed by atoms with Gasteiger partial charge in [-0.05, 0) is 34.5 Å². The zero-order valence-corrected chi connectivity index (χ0v) is 14.4. The molecule has 1 fully saturated rings. The summed E-state index contributed by atoms with van der Waals surface area (Å²) in [6, 6.07) is 2.85. The molecule has 2 amide bonds. The van der Waals surface area contributed by atoms with Crippen molar-refractivity contribution < 1.29 is 19.1 Å². The Morgan fingerprint density at radius 1 is 1.36 bits per heavy atom. The number of carbonyl (C=O) groups is 2. The van der Waals surface area contributed by atoms with Gasteiger partial charge in [0, 0.05) is 18.7 Å². The Balaban J connectivity index is 2.38.